The lowest BCUT2D eigenvalue weighted by Gasteiger charge is -2.00. The molecule has 0 saturated carbocycles. The summed E-state index contributed by atoms with van der Waals surface area (Å²) in [6.07, 6.45) is 0.254. The van der Waals surface area contributed by atoms with Crippen LogP contribution in [0.25, 0.3) is 0 Å². The fraction of sp³-hybridized carbons (Fsp3) is 0.444. The minimum absolute atomic E-state index is 0.254. The zero-order valence-corrected chi connectivity index (χ0v) is 9.80. The molecule has 0 aliphatic carbocycles. The number of ether oxygens (including phenoxy) is 2. The van der Waals surface area contributed by atoms with Crippen LogP contribution in [0.2, 0.25) is 0 Å². The standard InChI is InChI=1S/C9H12N2O4S/c1-14-7(12)3-4-10-9-11-6(5-16-9)8(13)15-2/h5H,3-4H2,1-2H3,(H,10,11). The van der Waals surface area contributed by atoms with Gasteiger partial charge in [-0.05, 0) is 0 Å². The third kappa shape index (κ3) is 3.50. The van der Waals surface area contributed by atoms with E-state index in [0.717, 1.165) is 0 Å². The summed E-state index contributed by atoms with van der Waals surface area (Å²) in [5, 5.41) is 5.07. The minimum atomic E-state index is -0.475. The van der Waals surface area contributed by atoms with E-state index in [9.17, 15) is 9.59 Å². The molecule has 0 aliphatic heterocycles. The second kappa shape index (κ2) is 6.06. The van der Waals surface area contributed by atoms with Gasteiger partial charge in [-0.2, -0.15) is 0 Å². The summed E-state index contributed by atoms with van der Waals surface area (Å²) in [6.45, 7) is 0.417. The number of aromatic nitrogens is 1. The summed E-state index contributed by atoms with van der Waals surface area (Å²) in [7, 11) is 2.63. The molecule has 1 N–H and O–H groups in total. The molecule has 0 atom stereocenters. The van der Waals surface area contributed by atoms with Gasteiger partial charge in [0.25, 0.3) is 0 Å². The number of esters is 2. The molecule has 0 bridgehead atoms. The second-order valence-electron chi connectivity index (χ2n) is 2.78. The fourth-order valence-corrected chi connectivity index (χ4v) is 1.64. The fourth-order valence-electron chi connectivity index (χ4n) is 0.927. The first-order chi connectivity index (χ1) is 7.67. The molecule has 0 spiro atoms. The topological polar surface area (TPSA) is 77.5 Å². The third-order valence-corrected chi connectivity index (χ3v) is 2.53. The molecule has 1 heterocycles. The number of hydrogen-bond acceptors (Lipinski definition) is 7. The van der Waals surface area contributed by atoms with Crippen LogP contribution in [0.4, 0.5) is 5.13 Å². The van der Waals surface area contributed by atoms with Crippen LogP contribution in [0.1, 0.15) is 16.9 Å². The molecule has 16 heavy (non-hydrogen) atoms. The largest absolute Gasteiger partial charge is 0.469 e. The van der Waals surface area contributed by atoms with Gasteiger partial charge in [0.05, 0.1) is 20.6 Å². The van der Waals surface area contributed by atoms with Gasteiger partial charge >= 0.3 is 11.9 Å². The van der Waals surface area contributed by atoms with E-state index in [1.807, 2.05) is 0 Å². The quantitative estimate of drug-likeness (QED) is 0.775. The Labute approximate surface area is 96.6 Å². The maximum Gasteiger partial charge on any atom is 0.357 e. The predicted octanol–water partition coefficient (Wildman–Crippen LogP) is 0.905. The number of methoxy groups -OCH3 is 2. The first-order valence-corrected chi connectivity index (χ1v) is 5.40. The van der Waals surface area contributed by atoms with E-state index in [2.05, 4.69) is 19.8 Å². The Morgan fingerprint density at radius 3 is 2.81 bits per heavy atom. The van der Waals surface area contributed by atoms with Crippen molar-refractivity contribution in [3.8, 4) is 0 Å². The molecule has 0 aromatic carbocycles. The van der Waals surface area contributed by atoms with Crippen LogP contribution in [0.15, 0.2) is 5.38 Å². The van der Waals surface area contributed by atoms with Gasteiger partial charge in [0, 0.05) is 11.9 Å². The van der Waals surface area contributed by atoms with E-state index in [-0.39, 0.29) is 18.1 Å². The molecule has 0 unspecified atom stereocenters. The highest BCUT2D eigenvalue weighted by atomic mass is 32.1. The Hall–Kier alpha value is -1.63. The summed E-state index contributed by atoms with van der Waals surface area (Å²) in [5.41, 5.74) is 0.257. The van der Waals surface area contributed by atoms with Gasteiger partial charge in [-0.25, -0.2) is 9.78 Å². The summed E-state index contributed by atoms with van der Waals surface area (Å²) in [5.74, 6) is -0.769. The Balaban J connectivity index is 2.41. The van der Waals surface area contributed by atoms with E-state index in [4.69, 9.17) is 0 Å². The summed E-state index contributed by atoms with van der Waals surface area (Å²) in [4.78, 5) is 25.9. The number of anilines is 1. The van der Waals surface area contributed by atoms with Crippen LogP contribution in [0, 0.1) is 0 Å². The summed E-state index contributed by atoms with van der Waals surface area (Å²) >= 11 is 1.28. The highest BCUT2D eigenvalue weighted by Gasteiger charge is 2.10. The highest BCUT2D eigenvalue weighted by Crippen LogP contribution is 2.15. The first kappa shape index (κ1) is 12.4. The van der Waals surface area contributed by atoms with Gasteiger partial charge in [-0.1, -0.05) is 0 Å². The molecule has 0 amide bonds. The molecule has 0 aliphatic rings. The average Bonchev–Trinajstić information content (AvgIpc) is 2.76. The van der Waals surface area contributed by atoms with E-state index in [1.165, 1.54) is 25.6 Å². The van der Waals surface area contributed by atoms with Crippen molar-refractivity contribution >= 4 is 28.4 Å². The highest BCUT2D eigenvalue weighted by molar-refractivity contribution is 7.13. The predicted molar refractivity (Wildman–Crippen MR) is 58.6 cm³/mol. The van der Waals surface area contributed by atoms with Crippen molar-refractivity contribution in [2.45, 2.75) is 6.42 Å². The van der Waals surface area contributed by atoms with Gasteiger partial charge in [0.15, 0.2) is 10.8 Å². The number of nitrogens with one attached hydrogen (secondary N) is 1. The van der Waals surface area contributed by atoms with Crippen molar-refractivity contribution < 1.29 is 19.1 Å². The van der Waals surface area contributed by atoms with Crippen molar-refractivity contribution in [2.75, 3.05) is 26.1 Å². The second-order valence-corrected chi connectivity index (χ2v) is 3.64. The third-order valence-electron chi connectivity index (χ3n) is 1.73. The Kier molecular flexibility index (Phi) is 4.71. The lowest BCUT2D eigenvalue weighted by molar-refractivity contribution is -0.140. The first-order valence-electron chi connectivity index (χ1n) is 4.52. The molecular weight excluding hydrogens is 232 g/mol. The maximum atomic E-state index is 11.1. The molecule has 1 aromatic rings. The van der Waals surface area contributed by atoms with Crippen LogP contribution < -0.4 is 5.32 Å². The van der Waals surface area contributed by atoms with Crippen molar-refractivity contribution in [3.63, 3.8) is 0 Å². The van der Waals surface area contributed by atoms with Gasteiger partial charge in [0.2, 0.25) is 0 Å². The zero-order valence-electron chi connectivity index (χ0n) is 8.98. The van der Waals surface area contributed by atoms with E-state index >= 15 is 0 Å². The number of hydrogen-bond donors (Lipinski definition) is 1. The number of carbonyl (C=O) groups is 2. The lowest BCUT2D eigenvalue weighted by atomic mass is 10.4. The SMILES string of the molecule is COC(=O)CCNc1nc(C(=O)OC)cs1. The average molecular weight is 244 g/mol. The Morgan fingerprint density at radius 1 is 1.44 bits per heavy atom. The Morgan fingerprint density at radius 2 is 2.19 bits per heavy atom. The van der Waals surface area contributed by atoms with Crippen molar-refractivity contribution in [2.24, 2.45) is 0 Å². The monoisotopic (exact) mass is 244 g/mol. The molecule has 6 nitrogen and oxygen atoms in total. The number of carbonyl (C=O) groups excluding carboxylic acids is 2. The smallest absolute Gasteiger partial charge is 0.357 e. The van der Waals surface area contributed by atoms with Crippen LogP contribution in [0.3, 0.4) is 0 Å². The van der Waals surface area contributed by atoms with Crippen molar-refractivity contribution in [1.82, 2.24) is 4.98 Å². The molecule has 0 saturated heterocycles. The van der Waals surface area contributed by atoms with Crippen molar-refractivity contribution in [3.05, 3.63) is 11.1 Å². The van der Waals surface area contributed by atoms with Crippen molar-refractivity contribution in [1.29, 1.82) is 0 Å². The van der Waals surface area contributed by atoms with Gasteiger partial charge < -0.3 is 14.8 Å². The summed E-state index contributed by atoms with van der Waals surface area (Å²) < 4.78 is 8.99. The van der Waals surface area contributed by atoms with Crippen LogP contribution >= 0.6 is 11.3 Å². The Bertz CT molecular complexity index is 377. The van der Waals surface area contributed by atoms with Gasteiger partial charge in [-0.15, -0.1) is 11.3 Å². The summed E-state index contributed by atoms with van der Waals surface area (Å²) in [6, 6.07) is 0. The number of nitrogens with zero attached hydrogens (tertiary/aromatic N) is 1. The molecule has 88 valence electrons. The van der Waals surface area contributed by atoms with Gasteiger partial charge in [0.1, 0.15) is 0 Å². The number of rotatable bonds is 5. The lowest BCUT2D eigenvalue weighted by Crippen LogP contribution is -2.09. The normalized spacial score (nSPS) is 9.62. The van der Waals surface area contributed by atoms with Gasteiger partial charge in [-0.3, -0.25) is 4.79 Å². The van der Waals surface area contributed by atoms with Crippen LogP contribution in [-0.2, 0) is 14.3 Å². The van der Waals surface area contributed by atoms with E-state index < -0.39 is 5.97 Å². The zero-order chi connectivity index (χ0) is 12.0. The van der Waals surface area contributed by atoms with Crippen LogP contribution in [0.5, 0.6) is 0 Å². The molecule has 1 rings (SSSR count). The number of thiazole rings is 1. The molecule has 1 aromatic heterocycles. The molecule has 0 radical (unpaired) electrons. The molecule has 7 heteroatoms. The van der Waals surface area contributed by atoms with Crippen LogP contribution in [-0.4, -0.2) is 37.7 Å². The minimum Gasteiger partial charge on any atom is -0.469 e. The maximum absolute atomic E-state index is 11.1. The molecular formula is C9H12N2O4S. The molecule has 0 fully saturated rings. The van der Waals surface area contributed by atoms with E-state index in [0.29, 0.717) is 11.7 Å². The van der Waals surface area contributed by atoms with E-state index in [1.54, 1.807) is 5.38 Å².